The molecule has 65 valence electrons. The highest BCUT2D eigenvalue weighted by atomic mass is 16.1. The van der Waals surface area contributed by atoms with Crippen molar-refractivity contribution in [2.75, 3.05) is 0 Å². The third kappa shape index (κ3) is 5.89. The maximum Gasteiger partial charge on any atom is 0.309 e. The van der Waals surface area contributed by atoms with Crippen LogP contribution in [0.3, 0.4) is 0 Å². The Hall–Kier alpha value is -0.530. The summed E-state index contributed by atoms with van der Waals surface area (Å²) in [6, 6.07) is 0.359. The molecule has 1 amide bonds. The summed E-state index contributed by atoms with van der Waals surface area (Å²) in [7, 11) is 0. The van der Waals surface area contributed by atoms with Crippen molar-refractivity contribution >= 4 is 6.41 Å². The van der Waals surface area contributed by atoms with E-state index in [1.807, 2.05) is 0 Å². The Morgan fingerprint density at radius 3 is 2.45 bits per heavy atom. The van der Waals surface area contributed by atoms with Gasteiger partial charge < -0.3 is 5.32 Å². The Labute approximate surface area is 69.4 Å². The first-order valence-corrected chi connectivity index (χ1v) is 4.47. The molecule has 1 N–H and O–H groups in total. The van der Waals surface area contributed by atoms with Crippen LogP contribution < -0.4 is 5.32 Å². The average molecular weight is 156 g/mol. The first-order valence-electron chi connectivity index (χ1n) is 4.47. The lowest BCUT2D eigenvalue weighted by atomic mass is 10.1. The van der Waals surface area contributed by atoms with Crippen LogP contribution in [0.25, 0.3) is 0 Å². The lowest BCUT2D eigenvalue weighted by Gasteiger charge is -2.13. The smallest absolute Gasteiger partial charge is 0.309 e. The van der Waals surface area contributed by atoms with Crippen LogP contribution in [0.1, 0.15) is 46.0 Å². The molecule has 0 aromatic heterocycles. The van der Waals surface area contributed by atoms with E-state index in [0.29, 0.717) is 6.04 Å². The van der Waals surface area contributed by atoms with Crippen molar-refractivity contribution in [2.24, 2.45) is 0 Å². The minimum atomic E-state index is 0.359. The molecule has 0 saturated heterocycles. The third-order valence-corrected chi connectivity index (χ3v) is 1.81. The van der Waals surface area contributed by atoms with E-state index in [9.17, 15) is 4.79 Å². The third-order valence-electron chi connectivity index (χ3n) is 1.81. The van der Waals surface area contributed by atoms with Gasteiger partial charge in [0.25, 0.3) is 0 Å². The lowest BCUT2D eigenvalue weighted by Crippen LogP contribution is -2.27. The summed E-state index contributed by atoms with van der Waals surface area (Å²) >= 11 is 0. The summed E-state index contributed by atoms with van der Waals surface area (Å²) in [5.41, 5.74) is 0. The topological polar surface area (TPSA) is 29.1 Å². The Kier molecular flexibility index (Phi) is 7.21. The lowest BCUT2D eigenvalue weighted by molar-refractivity contribution is 0.467. The largest absolute Gasteiger partial charge is 0.345 e. The van der Waals surface area contributed by atoms with Crippen molar-refractivity contribution in [3.63, 3.8) is 0 Å². The predicted octanol–water partition coefficient (Wildman–Crippen LogP) is 2.00. The van der Waals surface area contributed by atoms with Gasteiger partial charge in [0.05, 0.1) is 0 Å². The summed E-state index contributed by atoms with van der Waals surface area (Å²) in [4.78, 5) is 10.0. The second-order valence-electron chi connectivity index (χ2n) is 2.87. The number of nitrogens with one attached hydrogen (secondary N) is 1. The molecule has 2 nitrogen and oxygen atoms in total. The van der Waals surface area contributed by atoms with Gasteiger partial charge in [-0.15, -0.1) is 0 Å². The Morgan fingerprint density at radius 1 is 1.27 bits per heavy atom. The molecule has 0 fully saturated rings. The quantitative estimate of drug-likeness (QED) is 0.561. The zero-order chi connectivity index (χ0) is 8.53. The van der Waals surface area contributed by atoms with Gasteiger partial charge in [0, 0.05) is 6.04 Å². The molecule has 0 aliphatic rings. The van der Waals surface area contributed by atoms with E-state index in [2.05, 4.69) is 19.2 Å². The number of unbranched alkanes of at least 4 members (excludes halogenated alkanes) is 1. The molecule has 2 heteroatoms. The molecule has 1 atom stereocenters. The number of carbonyl (C=O) groups excluding carboxylic acids is 1. The minimum Gasteiger partial charge on any atom is -0.345 e. The highest BCUT2D eigenvalue weighted by Gasteiger charge is 2.04. The van der Waals surface area contributed by atoms with E-state index in [1.165, 1.54) is 12.8 Å². The molecule has 0 saturated carbocycles. The standard InChI is InChI=1S/C9H18NO/c1-3-5-7-9(6-4-2)10-8-11/h9H,3-7H2,1-2H3,(H,10,11). The predicted molar refractivity (Wildman–Crippen MR) is 47.1 cm³/mol. The molecule has 0 heterocycles. The highest BCUT2D eigenvalue weighted by Crippen LogP contribution is 2.05. The molecule has 0 bridgehead atoms. The van der Waals surface area contributed by atoms with Crippen LogP contribution in [0, 0.1) is 0 Å². The van der Waals surface area contributed by atoms with E-state index >= 15 is 0 Å². The monoisotopic (exact) mass is 156 g/mol. The van der Waals surface area contributed by atoms with Gasteiger partial charge in [-0.1, -0.05) is 33.1 Å². The van der Waals surface area contributed by atoms with Crippen LogP contribution in [-0.2, 0) is 4.79 Å². The van der Waals surface area contributed by atoms with E-state index in [-0.39, 0.29) is 0 Å². The van der Waals surface area contributed by atoms with Gasteiger partial charge in [-0.3, -0.25) is 4.79 Å². The fraction of sp³-hybridized carbons (Fsp3) is 0.889. The zero-order valence-electron chi connectivity index (χ0n) is 7.52. The van der Waals surface area contributed by atoms with Gasteiger partial charge >= 0.3 is 6.41 Å². The van der Waals surface area contributed by atoms with E-state index < -0.39 is 0 Å². The molecule has 1 unspecified atom stereocenters. The van der Waals surface area contributed by atoms with Gasteiger partial charge in [-0.25, -0.2) is 0 Å². The second kappa shape index (κ2) is 7.58. The van der Waals surface area contributed by atoms with Crippen molar-refractivity contribution in [2.45, 2.75) is 52.0 Å². The summed E-state index contributed by atoms with van der Waals surface area (Å²) in [5.74, 6) is 0. The Morgan fingerprint density at radius 2 is 2.00 bits per heavy atom. The number of rotatable bonds is 7. The zero-order valence-corrected chi connectivity index (χ0v) is 7.52. The molecular weight excluding hydrogens is 138 g/mol. The molecule has 11 heavy (non-hydrogen) atoms. The van der Waals surface area contributed by atoms with E-state index in [4.69, 9.17) is 0 Å². The molecule has 0 aromatic rings. The van der Waals surface area contributed by atoms with Gasteiger partial charge in [0.1, 0.15) is 0 Å². The fourth-order valence-corrected chi connectivity index (χ4v) is 1.17. The molecule has 0 spiro atoms. The first kappa shape index (κ1) is 10.5. The highest BCUT2D eigenvalue weighted by molar-refractivity contribution is 5.47. The van der Waals surface area contributed by atoms with Crippen molar-refractivity contribution in [1.82, 2.24) is 5.32 Å². The summed E-state index contributed by atoms with van der Waals surface area (Å²) in [6.45, 7) is 4.29. The number of hydrogen-bond acceptors (Lipinski definition) is 1. The van der Waals surface area contributed by atoms with Crippen molar-refractivity contribution in [3.05, 3.63) is 0 Å². The molecule has 0 rings (SSSR count). The summed E-state index contributed by atoms with van der Waals surface area (Å²) in [5, 5.41) is 2.71. The van der Waals surface area contributed by atoms with Gasteiger partial charge in [0.2, 0.25) is 0 Å². The van der Waals surface area contributed by atoms with Gasteiger partial charge in [0.15, 0.2) is 0 Å². The maximum atomic E-state index is 10.0. The van der Waals surface area contributed by atoms with Crippen LogP contribution in [0.15, 0.2) is 0 Å². The molecule has 0 aromatic carbocycles. The van der Waals surface area contributed by atoms with Gasteiger partial charge in [-0.05, 0) is 12.8 Å². The van der Waals surface area contributed by atoms with Crippen LogP contribution in [0.4, 0.5) is 0 Å². The molecular formula is C9H18NO. The second-order valence-corrected chi connectivity index (χ2v) is 2.87. The first-order chi connectivity index (χ1) is 5.35. The van der Waals surface area contributed by atoms with E-state index in [1.54, 1.807) is 6.41 Å². The van der Waals surface area contributed by atoms with Crippen LogP contribution in [0.5, 0.6) is 0 Å². The molecule has 0 aliphatic heterocycles. The van der Waals surface area contributed by atoms with Gasteiger partial charge in [-0.2, -0.15) is 0 Å². The van der Waals surface area contributed by atoms with E-state index in [0.717, 1.165) is 19.3 Å². The Bertz CT molecular complexity index is 93.6. The van der Waals surface area contributed by atoms with Crippen LogP contribution in [-0.4, -0.2) is 12.5 Å². The maximum absolute atomic E-state index is 10.0. The number of amides is 1. The molecule has 1 radical (unpaired) electrons. The van der Waals surface area contributed by atoms with Crippen molar-refractivity contribution in [1.29, 1.82) is 0 Å². The fourth-order valence-electron chi connectivity index (χ4n) is 1.17. The average Bonchev–Trinajstić information content (AvgIpc) is 2.01. The van der Waals surface area contributed by atoms with Crippen LogP contribution >= 0.6 is 0 Å². The Balaban J connectivity index is 3.41. The van der Waals surface area contributed by atoms with Crippen molar-refractivity contribution in [3.8, 4) is 0 Å². The SMILES string of the molecule is CCCCC(CCC)N[C]=O. The molecule has 0 aliphatic carbocycles. The minimum absolute atomic E-state index is 0.359. The van der Waals surface area contributed by atoms with Crippen molar-refractivity contribution < 1.29 is 4.79 Å². The normalized spacial score (nSPS) is 12.5. The summed E-state index contributed by atoms with van der Waals surface area (Å²) in [6.07, 6.45) is 7.45. The van der Waals surface area contributed by atoms with Crippen LogP contribution in [0.2, 0.25) is 0 Å². The number of hydrogen-bond donors (Lipinski definition) is 1. The summed E-state index contributed by atoms with van der Waals surface area (Å²) < 4.78 is 0.